The van der Waals surface area contributed by atoms with Crippen molar-refractivity contribution in [3.8, 4) is 16.9 Å². The maximum atomic E-state index is 12.9. The van der Waals surface area contributed by atoms with Gasteiger partial charge in [0.15, 0.2) is 0 Å². The normalized spacial score (nSPS) is 11.6. The van der Waals surface area contributed by atoms with Gasteiger partial charge in [-0.2, -0.15) is 0 Å². The molecule has 0 spiro atoms. The second-order valence-electron chi connectivity index (χ2n) is 8.23. The minimum atomic E-state index is -0.549. The van der Waals surface area contributed by atoms with Crippen LogP contribution in [0.2, 0.25) is 0 Å². The molecule has 33 heavy (non-hydrogen) atoms. The van der Waals surface area contributed by atoms with Gasteiger partial charge in [0.05, 0.1) is 13.2 Å². The lowest BCUT2D eigenvalue weighted by atomic mass is 9.96. The van der Waals surface area contributed by atoms with Crippen molar-refractivity contribution in [1.29, 1.82) is 0 Å². The van der Waals surface area contributed by atoms with E-state index in [2.05, 4.69) is 24.3 Å². The van der Waals surface area contributed by atoms with Crippen LogP contribution in [0.5, 0.6) is 5.75 Å². The molecule has 3 aromatic rings. The third-order valence-electron chi connectivity index (χ3n) is 5.46. The summed E-state index contributed by atoms with van der Waals surface area (Å²) in [5, 5.41) is 13.0. The highest BCUT2D eigenvalue weighted by Crippen LogP contribution is 2.29. The summed E-state index contributed by atoms with van der Waals surface area (Å²) in [4.78, 5) is 15.0. The Morgan fingerprint density at radius 1 is 1.06 bits per heavy atom. The first-order valence-electron chi connectivity index (χ1n) is 10.9. The van der Waals surface area contributed by atoms with Crippen LogP contribution in [0.1, 0.15) is 40.9 Å². The number of aryl methyl sites for hydroxylation is 1. The molecule has 3 aromatic carbocycles. The van der Waals surface area contributed by atoms with Crippen molar-refractivity contribution >= 4 is 24.0 Å². The molecule has 0 bridgehead atoms. The van der Waals surface area contributed by atoms with Crippen LogP contribution in [0.3, 0.4) is 0 Å². The van der Waals surface area contributed by atoms with Crippen molar-refractivity contribution in [2.45, 2.75) is 25.9 Å². The van der Waals surface area contributed by atoms with E-state index in [9.17, 15) is 9.90 Å². The zero-order valence-electron chi connectivity index (χ0n) is 19.7. The molecule has 0 aliphatic rings. The van der Waals surface area contributed by atoms with Gasteiger partial charge in [0.2, 0.25) is 0 Å². The molecule has 6 heteroatoms. The number of anilines is 1. The molecule has 0 saturated carbocycles. The first-order chi connectivity index (χ1) is 15.4. The third-order valence-corrected chi connectivity index (χ3v) is 5.46. The zero-order chi connectivity index (χ0) is 23.1. The average molecular weight is 469 g/mol. The summed E-state index contributed by atoms with van der Waals surface area (Å²) in [5.74, 6) is 0.653. The molecule has 0 saturated heterocycles. The molecular formula is C27H33ClN2O3. The Kier molecular flexibility index (Phi) is 9.92. The Morgan fingerprint density at radius 3 is 2.39 bits per heavy atom. The fraction of sp³-hybridized carbons (Fsp3) is 0.296. The quantitative estimate of drug-likeness (QED) is 0.430. The number of carbonyl (C=O) groups excluding carboxylic acids is 1. The number of aliphatic hydroxyl groups excluding tert-OH is 1. The van der Waals surface area contributed by atoms with Gasteiger partial charge in [-0.1, -0.05) is 36.4 Å². The van der Waals surface area contributed by atoms with E-state index in [4.69, 9.17) is 4.74 Å². The van der Waals surface area contributed by atoms with Crippen LogP contribution in [-0.2, 0) is 6.42 Å². The van der Waals surface area contributed by atoms with Crippen molar-refractivity contribution in [2.24, 2.45) is 0 Å². The molecule has 1 amide bonds. The second kappa shape index (κ2) is 12.4. The van der Waals surface area contributed by atoms with Gasteiger partial charge < -0.3 is 20.1 Å². The number of nitrogens with one attached hydrogen (secondary N) is 1. The summed E-state index contributed by atoms with van der Waals surface area (Å²) in [6, 6.07) is 21.0. The molecule has 0 aliphatic heterocycles. The number of amides is 1. The fourth-order valence-electron chi connectivity index (χ4n) is 3.76. The van der Waals surface area contributed by atoms with Gasteiger partial charge in [-0.25, -0.2) is 0 Å². The molecule has 0 fully saturated rings. The topological polar surface area (TPSA) is 61.8 Å². The molecule has 1 atom stereocenters. The van der Waals surface area contributed by atoms with Crippen molar-refractivity contribution in [1.82, 2.24) is 4.90 Å². The summed E-state index contributed by atoms with van der Waals surface area (Å²) >= 11 is 0. The first kappa shape index (κ1) is 26.4. The SMILES string of the molecule is COc1ccc(C(=O)Nc2ccc(-c3ccccc3C(C)O)cc2)cc1CCCN(C)C.Cl. The van der Waals surface area contributed by atoms with E-state index < -0.39 is 6.10 Å². The number of carbonyl (C=O) groups is 1. The highest BCUT2D eigenvalue weighted by Gasteiger charge is 2.12. The van der Waals surface area contributed by atoms with E-state index in [1.807, 2.05) is 60.7 Å². The van der Waals surface area contributed by atoms with Crippen LogP contribution >= 0.6 is 12.4 Å². The van der Waals surface area contributed by atoms with Crippen molar-refractivity contribution in [3.63, 3.8) is 0 Å². The molecule has 0 aromatic heterocycles. The Labute approximate surface area is 202 Å². The fourth-order valence-corrected chi connectivity index (χ4v) is 3.76. The van der Waals surface area contributed by atoms with Gasteiger partial charge in [0, 0.05) is 11.3 Å². The highest BCUT2D eigenvalue weighted by atomic mass is 35.5. The molecule has 176 valence electrons. The number of nitrogens with zero attached hydrogens (tertiary/aromatic N) is 1. The molecule has 0 heterocycles. The molecule has 0 aliphatic carbocycles. The van der Waals surface area contributed by atoms with Crippen LogP contribution in [0, 0.1) is 0 Å². The number of hydrogen-bond donors (Lipinski definition) is 2. The third kappa shape index (κ3) is 7.06. The molecule has 0 radical (unpaired) electrons. The highest BCUT2D eigenvalue weighted by molar-refractivity contribution is 6.04. The number of methoxy groups -OCH3 is 1. The van der Waals surface area contributed by atoms with Crippen LogP contribution in [-0.4, -0.2) is 43.7 Å². The monoisotopic (exact) mass is 468 g/mol. The summed E-state index contributed by atoms with van der Waals surface area (Å²) in [6.07, 6.45) is 1.29. The Bertz CT molecular complexity index is 1050. The molecule has 3 rings (SSSR count). The van der Waals surface area contributed by atoms with Crippen LogP contribution < -0.4 is 10.1 Å². The van der Waals surface area contributed by atoms with Crippen molar-refractivity contribution in [2.75, 3.05) is 33.1 Å². The minimum absolute atomic E-state index is 0. The van der Waals surface area contributed by atoms with Gasteiger partial charge in [0.1, 0.15) is 5.75 Å². The van der Waals surface area contributed by atoms with Crippen LogP contribution in [0.15, 0.2) is 66.7 Å². The minimum Gasteiger partial charge on any atom is -0.496 e. The van der Waals surface area contributed by atoms with E-state index in [1.165, 1.54) is 0 Å². The standard InChI is InChI=1S/C27H32N2O3.ClH/c1-19(30)24-9-5-6-10-25(24)20-11-14-23(15-12-20)28-27(31)22-13-16-26(32-4)21(18-22)8-7-17-29(2)3;/h5-6,9-16,18-19,30H,7-8,17H2,1-4H3,(H,28,31);1H. The summed E-state index contributed by atoms with van der Waals surface area (Å²) in [7, 11) is 5.76. The number of halogens is 1. The van der Waals surface area contributed by atoms with Gasteiger partial charge in [-0.05, 0) is 93.0 Å². The number of benzene rings is 3. The smallest absolute Gasteiger partial charge is 0.255 e. The lowest BCUT2D eigenvalue weighted by molar-refractivity contribution is 0.102. The van der Waals surface area contributed by atoms with E-state index in [0.29, 0.717) is 5.56 Å². The van der Waals surface area contributed by atoms with E-state index in [-0.39, 0.29) is 18.3 Å². The largest absolute Gasteiger partial charge is 0.496 e. The van der Waals surface area contributed by atoms with Crippen molar-refractivity contribution < 1.29 is 14.6 Å². The van der Waals surface area contributed by atoms with Crippen LogP contribution in [0.25, 0.3) is 11.1 Å². The number of ether oxygens (including phenoxy) is 1. The van der Waals surface area contributed by atoms with E-state index in [1.54, 1.807) is 20.1 Å². The second-order valence-corrected chi connectivity index (χ2v) is 8.23. The predicted octanol–water partition coefficient (Wildman–Crippen LogP) is 5.58. The van der Waals surface area contributed by atoms with Gasteiger partial charge in [0.25, 0.3) is 5.91 Å². The maximum absolute atomic E-state index is 12.9. The number of rotatable bonds is 9. The Morgan fingerprint density at radius 2 is 1.76 bits per heavy atom. The van der Waals surface area contributed by atoms with E-state index in [0.717, 1.165) is 53.1 Å². The molecule has 2 N–H and O–H groups in total. The average Bonchev–Trinajstić information content (AvgIpc) is 2.79. The summed E-state index contributed by atoms with van der Waals surface area (Å²) in [6.45, 7) is 2.74. The number of hydrogen-bond acceptors (Lipinski definition) is 4. The number of aliphatic hydroxyl groups is 1. The van der Waals surface area contributed by atoms with Gasteiger partial charge in [-0.15, -0.1) is 12.4 Å². The van der Waals surface area contributed by atoms with Crippen molar-refractivity contribution in [3.05, 3.63) is 83.4 Å². The first-order valence-corrected chi connectivity index (χ1v) is 10.9. The predicted molar refractivity (Wildman–Crippen MR) is 138 cm³/mol. The zero-order valence-corrected chi connectivity index (χ0v) is 20.5. The van der Waals surface area contributed by atoms with Crippen LogP contribution in [0.4, 0.5) is 5.69 Å². The van der Waals surface area contributed by atoms with E-state index >= 15 is 0 Å². The Balaban J connectivity index is 0.00000385. The van der Waals surface area contributed by atoms with Gasteiger partial charge >= 0.3 is 0 Å². The summed E-state index contributed by atoms with van der Waals surface area (Å²) in [5.41, 5.74) is 5.22. The summed E-state index contributed by atoms with van der Waals surface area (Å²) < 4.78 is 5.47. The molecular weight excluding hydrogens is 436 g/mol. The maximum Gasteiger partial charge on any atom is 0.255 e. The Hall–Kier alpha value is -2.86. The molecule has 1 unspecified atom stereocenters. The molecule has 5 nitrogen and oxygen atoms in total. The lowest BCUT2D eigenvalue weighted by Crippen LogP contribution is -2.14. The van der Waals surface area contributed by atoms with Gasteiger partial charge in [-0.3, -0.25) is 4.79 Å². The lowest BCUT2D eigenvalue weighted by Gasteiger charge is -2.14.